The molecule has 0 spiro atoms. The van der Waals surface area contributed by atoms with E-state index >= 15 is 0 Å². The zero-order valence-electron chi connectivity index (χ0n) is 6.82. The van der Waals surface area contributed by atoms with Crippen molar-refractivity contribution in [1.82, 2.24) is 0 Å². The Balaban J connectivity index is 3.62. The first-order valence-electron chi connectivity index (χ1n) is 3.58. The number of hydrogen-bond donors (Lipinski definition) is 2. The molecule has 0 bridgehead atoms. The van der Waals surface area contributed by atoms with Gasteiger partial charge in [0.2, 0.25) is 0 Å². The van der Waals surface area contributed by atoms with Crippen molar-refractivity contribution in [3.63, 3.8) is 0 Å². The van der Waals surface area contributed by atoms with Crippen molar-refractivity contribution in [1.29, 1.82) is 0 Å². The minimum atomic E-state index is -0.524. The molecule has 3 nitrogen and oxygen atoms in total. The Hall–Kier alpha value is -0.160. The Labute approximate surface area is 82.7 Å². The highest BCUT2D eigenvalue weighted by Gasteiger charge is 2.11. The Morgan fingerprint density at radius 3 is 2.42 bits per heavy atom. The summed E-state index contributed by atoms with van der Waals surface area (Å²) in [6.07, 6.45) is 0.317. The van der Waals surface area contributed by atoms with Crippen LogP contribution in [0.15, 0.2) is 0 Å². The van der Waals surface area contributed by atoms with E-state index in [9.17, 15) is 9.59 Å². The molecule has 12 heavy (non-hydrogen) atoms. The predicted molar refractivity (Wildman–Crippen MR) is 52.6 cm³/mol. The van der Waals surface area contributed by atoms with Crippen molar-refractivity contribution < 1.29 is 14.3 Å². The third kappa shape index (κ3) is 6.54. The van der Waals surface area contributed by atoms with E-state index < -0.39 is 11.9 Å². The van der Waals surface area contributed by atoms with Crippen LogP contribution in [0, 0.1) is 0 Å². The lowest BCUT2D eigenvalue weighted by molar-refractivity contribution is -0.159. The molecule has 0 aliphatic heterocycles. The molecule has 1 unspecified atom stereocenters. The largest absolute Gasteiger partial charge is 0.393 e. The first-order chi connectivity index (χ1) is 5.56. The fourth-order valence-corrected chi connectivity index (χ4v) is 0.884. The van der Waals surface area contributed by atoms with Crippen LogP contribution in [0.5, 0.6) is 0 Å². The Morgan fingerprint density at radius 2 is 2.00 bits per heavy atom. The fourth-order valence-electron chi connectivity index (χ4n) is 0.552. The maximum Gasteiger partial charge on any atom is 0.314 e. The smallest absolute Gasteiger partial charge is 0.314 e. The average Bonchev–Trinajstić information content (AvgIpc) is 1.84. The lowest BCUT2D eigenvalue weighted by Crippen LogP contribution is -2.15. The summed E-state index contributed by atoms with van der Waals surface area (Å²) >= 11 is 7.81. The highest BCUT2D eigenvalue weighted by molar-refractivity contribution is 7.81. The van der Waals surface area contributed by atoms with Gasteiger partial charge in [-0.3, -0.25) is 9.59 Å². The first-order valence-corrected chi connectivity index (χ1v) is 4.73. The third-order valence-electron chi connectivity index (χ3n) is 1.01. The molecule has 0 saturated carbocycles. The predicted octanol–water partition coefficient (Wildman–Crippen LogP) is 1.08. The topological polar surface area (TPSA) is 43.4 Å². The minimum absolute atomic E-state index is 0.0821. The van der Waals surface area contributed by atoms with Crippen LogP contribution in [0.3, 0.4) is 0 Å². The van der Waals surface area contributed by atoms with E-state index in [2.05, 4.69) is 30.0 Å². The summed E-state index contributed by atoms with van der Waals surface area (Å²) < 4.78 is 4.43. The molecule has 0 heterocycles. The van der Waals surface area contributed by atoms with Gasteiger partial charge in [0.05, 0.1) is 12.8 Å². The van der Waals surface area contributed by atoms with Crippen molar-refractivity contribution in [2.75, 3.05) is 5.75 Å². The molecule has 0 rings (SSSR count). The van der Waals surface area contributed by atoms with Gasteiger partial charge in [0, 0.05) is 11.0 Å². The summed E-state index contributed by atoms with van der Waals surface area (Å²) in [6.45, 7) is 1.76. The number of carbonyl (C=O) groups excluding carboxylic acids is 2. The fraction of sp³-hybridized carbons (Fsp3) is 0.714. The van der Waals surface area contributed by atoms with Gasteiger partial charge in [-0.2, -0.15) is 25.3 Å². The molecule has 5 heteroatoms. The van der Waals surface area contributed by atoms with E-state index in [0.717, 1.165) is 0 Å². The normalized spacial score (nSPS) is 12.2. The lowest BCUT2D eigenvalue weighted by Gasteiger charge is -2.02. The van der Waals surface area contributed by atoms with E-state index in [0.29, 0.717) is 5.75 Å². The Bertz CT molecular complexity index is 168. The van der Waals surface area contributed by atoms with Crippen LogP contribution in [0.1, 0.15) is 19.8 Å². The molecule has 0 aliphatic rings. The first kappa shape index (κ1) is 11.8. The molecular formula is C7H12O3S2. The molecule has 0 aliphatic carbocycles. The van der Waals surface area contributed by atoms with E-state index in [1.54, 1.807) is 6.92 Å². The van der Waals surface area contributed by atoms with Gasteiger partial charge in [-0.25, -0.2) is 0 Å². The monoisotopic (exact) mass is 208 g/mol. The molecule has 1 atom stereocenters. The zero-order chi connectivity index (χ0) is 9.56. The molecule has 0 aromatic heterocycles. The second-order valence-corrected chi connectivity index (χ2v) is 3.70. The van der Waals surface area contributed by atoms with E-state index in [4.69, 9.17) is 0 Å². The number of esters is 2. The lowest BCUT2D eigenvalue weighted by atomic mass is 10.3. The van der Waals surface area contributed by atoms with E-state index in [1.807, 2.05) is 0 Å². The number of hydrogen-bond acceptors (Lipinski definition) is 5. The second-order valence-electron chi connectivity index (χ2n) is 2.37. The van der Waals surface area contributed by atoms with Gasteiger partial charge in [0.25, 0.3) is 0 Å². The molecule has 0 aromatic rings. The summed E-state index contributed by atoms with van der Waals surface area (Å²) in [7, 11) is 0. The van der Waals surface area contributed by atoms with Crippen molar-refractivity contribution in [2.45, 2.75) is 25.0 Å². The molecule has 0 radical (unpaired) electrons. The molecule has 0 N–H and O–H groups in total. The van der Waals surface area contributed by atoms with Crippen LogP contribution in [0.25, 0.3) is 0 Å². The van der Waals surface area contributed by atoms with E-state index in [-0.39, 0.29) is 18.1 Å². The zero-order valence-corrected chi connectivity index (χ0v) is 8.61. The summed E-state index contributed by atoms with van der Waals surface area (Å²) in [5, 5.41) is -0.0821. The van der Waals surface area contributed by atoms with Crippen LogP contribution in [0.2, 0.25) is 0 Å². The van der Waals surface area contributed by atoms with Crippen LogP contribution in [-0.2, 0) is 14.3 Å². The van der Waals surface area contributed by atoms with Gasteiger partial charge in [-0.15, -0.1) is 0 Å². The maximum absolute atomic E-state index is 10.8. The van der Waals surface area contributed by atoms with Gasteiger partial charge < -0.3 is 4.74 Å². The molecular weight excluding hydrogens is 196 g/mol. The van der Waals surface area contributed by atoms with Gasteiger partial charge in [-0.05, 0) is 0 Å². The van der Waals surface area contributed by atoms with Crippen LogP contribution >= 0.6 is 25.3 Å². The van der Waals surface area contributed by atoms with Crippen LogP contribution in [-0.4, -0.2) is 22.9 Å². The number of ether oxygens (including phenoxy) is 1. The van der Waals surface area contributed by atoms with Crippen molar-refractivity contribution in [3.8, 4) is 0 Å². The SMILES string of the molecule is CC(S)CC(=O)OC(=O)CCS. The summed E-state index contributed by atoms with van der Waals surface area (Å²) in [5.41, 5.74) is 0. The molecule has 70 valence electrons. The molecule has 0 saturated heterocycles. The highest BCUT2D eigenvalue weighted by atomic mass is 32.1. The van der Waals surface area contributed by atoms with Crippen molar-refractivity contribution >= 4 is 37.2 Å². The number of rotatable bonds is 4. The summed E-state index contributed by atoms with van der Waals surface area (Å²) in [6, 6.07) is 0. The molecule has 0 aromatic carbocycles. The third-order valence-corrected chi connectivity index (χ3v) is 1.41. The van der Waals surface area contributed by atoms with Crippen LogP contribution < -0.4 is 0 Å². The van der Waals surface area contributed by atoms with Gasteiger partial charge in [0.15, 0.2) is 0 Å². The van der Waals surface area contributed by atoms with Crippen LogP contribution in [0.4, 0.5) is 0 Å². The van der Waals surface area contributed by atoms with Gasteiger partial charge in [0.1, 0.15) is 0 Å². The minimum Gasteiger partial charge on any atom is -0.393 e. The standard InChI is InChI=1S/C7H12O3S2/c1-5(12)4-7(9)10-6(8)2-3-11/h5,11-12H,2-4H2,1H3. The van der Waals surface area contributed by atoms with Crippen molar-refractivity contribution in [2.24, 2.45) is 0 Å². The quantitative estimate of drug-likeness (QED) is 0.413. The Kier molecular flexibility index (Phi) is 6.28. The average molecular weight is 208 g/mol. The van der Waals surface area contributed by atoms with Gasteiger partial charge >= 0.3 is 11.9 Å². The second kappa shape index (κ2) is 6.37. The van der Waals surface area contributed by atoms with E-state index in [1.165, 1.54) is 0 Å². The summed E-state index contributed by atoms with van der Waals surface area (Å²) in [4.78, 5) is 21.5. The van der Waals surface area contributed by atoms with Gasteiger partial charge in [-0.1, -0.05) is 6.92 Å². The molecule has 0 amide bonds. The number of carbonyl (C=O) groups is 2. The van der Waals surface area contributed by atoms with Crippen molar-refractivity contribution in [3.05, 3.63) is 0 Å². The highest BCUT2D eigenvalue weighted by Crippen LogP contribution is 2.01. The molecule has 0 fully saturated rings. The number of thiol groups is 2. The summed E-state index contributed by atoms with van der Waals surface area (Å²) in [5.74, 6) is -0.656. The maximum atomic E-state index is 10.8. The Morgan fingerprint density at radius 1 is 1.42 bits per heavy atom.